The number of hydrogen-bond acceptors (Lipinski definition) is 8. The Morgan fingerprint density at radius 1 is 1.16 bits per heavy atom. The van der Waals surface area contributed by atoms with Crippen molar-refractivity contribution in [1.29, 1.82) is 0 Å². The fourth-order valence-corrected chi connectivity index (χ4v) is 5.23. The molecule has 4 aromatic heterocycles. The number of furan rings is 1. The van der Waals surface area contributed by atoms with Crippen LogP contribution in [-0.4, -0.2) is 26.9 Å². The van der Waals surface area contributed by atoms with Crippen molar-refractivity contribution in [3.05, 3.63) is 72.3 Å². The lowest BCUT2D eigenvalue weighted by Crippen LogP contribution is -2.03. The number of anilines is 1. The van der Waals surface area contributed by atoms with Crippen molar-refractivity contribution in [2.75, 3.05) is 12.8 Å². The van der Waals surface area contributed by atoms with E-state index < -0.39 is 0 Å². The molecule has 0 unspecified atom stereocenters. The number of fused-ring (bicyclic) bond motifs is 1. The van der Waals surface area contributed by atoms with E-state index in [0.717, 1.165) is 43.1 Å². The van der Waals surface area contributed by atoms with E-state index in [9.17, 15) is 0 Å². The number of nitrogens with two attached hydrogens (primary N) is 1. The Hall–Kier alpha value is -3.30. The zero-order valence-electron chi connectivity index (χ0n) is 16.7. The Kier molecular flexibility index (Phi) is 5.35. The van der Waals surface area contributed by atoms with Gasteiger partial charge in [-0.15, -0.1) is 21.5 Å². The predicted molar refractivity (Wildman–Crippen MR) is 123 cm³/mol. The summed E-state index contributed by atoms with van der Waals surface area (Å²) < 4.78 is 13.0. The van der Waals surface area contributed by atoms with Crippen LogP contribution in [0.1, 0.15) is 11.3 Å². The van der Waals surface area contributed by atoms with E-state index in [4.69, 9.17) is 14.9 Å². The van der Waals surface area contributed by atoms with Gasteiger partial charge in [0.05, 0.1) is 30.5 Å². The van der Waals surface area contributed by atoms with Crippen LogP contribution in [0.2, 0.25) is 0 Å². The fraction of sp³-hybridized carbons (Fsp3) is 0.136. The third-order valence-electron chi connectivity index (χ3n) is 4.82. The normalized spacial score (nSPS) is 11.3. The van der Waals surface area contributed by atoms with Gasteiger partial charge < -0.3 is 14.9 Å². The van der Waals surface area contributed by atoms with E-state index in [0.29, 0.717) is 18.1 Å². The molecule has 0 amide bonds. The maximum atomic E-state index is 6.46. The molecule has 31 heavy (non-hydrogen) atoms. The number of thioether (sulfide) groups is 1. The van der Waals surface area contributed by atoms with E-state index in [-0.39, 0.29) is 0 Å². The molecule has 7 nitrogen and oxygen atoms in total. The first kappa shape index (κ1) is 19.7. The third kappa shape index (κ3) is 3.89. The van der Waals surface area contributed by atoms with Crippen LogP contribution in [0.4, 0.5) is 5.69 Å². The van der Waals surface area contributed by atoms with Crippen molar-refractivity contribution in [3.63, 3.8) is 0 Å². The summed E-state index contributed by atoms with van der Waals surface area (Å²) >= 11 is 3.13. The van der Waals surface area contributed by atoms with Crippen LogP contribution in [-0.2, 0) is 12.3 Å². The van der Waals surface area contributed by atoms with Crippen molar-refractivity contribution >= 4 is 39.0 Å². The van der Waals surface area contributed by atoms with Gasteiger partial charge in [-0.2, -0.15) is 0 Å². The van der Waals surface area contributed by atoms with Gasteiger partial charge in [-0.3, -0.25) is 4.57 Å². The molecule has 0 atom stereocenters. The predicted octanol–water partition coefficient (Wildman–Crippen LogP) is 5.08. The molecular formula is C22H19N5O2S2. The quantitative estimate of drug-likeness (QED) is 0.346. The SMILES string of the molecule is COc1cccc(CSc2nnc(-c3sc4ncccc4c3N)n2Cc2ccco2)c1. The van der Waals surface area contributed by atoms with Gasteiger partial charge in [0, 0.05) is 17.3 Å². The number of methoxy groups -OCH3 is 1. The Labute approximate surface area is 186 Å². The molecule has 5 rings (SSSR count). The summed E-state index contributed by atoms with van der Waals surface area (Å²) in [5.74, 6) is 3.10. The van der Waals surface area contributed by atoms with Gasteiger partial charge in [-0.05, 0) is 42.0 Å². The lowest BCUT2D eigenvalue weighted by atomic mass is 10.2. The molecule has 4 heterocycles. The van der Waals surface area contributed by atoms with Crippen LogP contribution in [0.5, 0.6) is 5.75 Å². The average molecular weight is 450 g/mol. The zero-order valence-corrected chi connectivity index (χ0v) is 18.3. The van der Waals surface area contributed by atoms with E-state index in [1.807, 2.05) is 47.0 Å². The molecule has 0 saturated carbocycles. The van der Waals surface area contributed by atoms with Crippen molar-refractivity contribution in [3.8, 4) is 16.5 Å². The van der Waals surface area contributed by atoms with Crippen molar-refractivity contribution in [2.24, 2.45) is 0 Å². The average Bonchev–Trinajstić information content (AvgIpc) is 3.53. The Morgan fingerprint density at radius 2 is 2.10 bits per heavy atom. The summed E-state index contributed by atoms with van der Waals surface area (Å²) in [6.07, 6.45) is 3.44. The number of nitrogens with zero attached hydrogens (tertiary/aromatic N) is 4. The first-order valence-corrected chi connectivity index (χ1v) is 11.4. The standard InChI is InChI=1S/C22H19N5O2S2/c1-28-15-6-2-5-14(11-15)13-30-22-26-25-20(27(22)12-16-7-4-10-29-16)19-18(23)17-8-3-9-24-21(17)31-19/h2-11H,12-13,23H2,1H3. The fourth-order valence-electron chi connectivity index (χ4n) is 3.29. The molecule has 2 N–H and O–H groups in total. The first-order valence-electron chi connectivity index (χ1n) is 9.57. The number of hydrogen-bond donors (Lipinski definition) is 1. The molecule has 0 spiro atoms. The number of pyridine rings is 1. The lowest BCUT2D eigenvalue weighted by molar-refractivity contribution is 0.414. The van der Waals surface area contributed by atoms with Gasteiger partial charge >= 0.3 is 0 Å². The largest absolute Gasteiger partial charge is 0.497 e. The van der Waals surface area contributed by atoms with Crippen molar-refractivity contribution < 1.29 is 9.15 Å². The van der Waals surface area contributed by atoms with Gasteiger partial charge in [0.1, 0.15) is 16.3 Å². The van der Waals surface area contributed by atoms with Crippen molar-refractivity contribution in [1.82, 2.24) is 19.7 Å². The highest BCUT2D eigenvalue weighted by Crippen LogP contribution is 2.40. The highest BCUT2D eigenvalue weighted by Gasteiger charge is 2.21. The van der Waals surface area contributed by atoms with Gasteiger partial charge in [0.15, 0.2) is 11.0 Å². The topological polar surface area (TPSA) is 92.0 Å². The maximum absolute atomic E-state index is 6.46. The molecule has 0 bridgehead atoms. The lowest BCUT2D eigenvalue weighted by Gasteiger charge is -2.09. The van der Waals surface area contributed by atoms with E-state index in [1.165, 1.54) is 11.3 Å². The van der Waals surface area contributed by atoms with E-state index in [1.54, 1.807) is 31.3 Å². The summed E-state index contributed by atoms with van der Waals surface area (Å²) in [6.45, 7) is 0.511. The number of rotatable bonds is 7. The van der Waals surface area contributed by atoms with E-state index >= 15 is 0 Å². The van der Waals surface area contributed by atoms with Crippen LogP contribution >= 0.6 is 23.1 Å². The number of aromatic nitrogens is 4. The number of nitrogen functional groups attached to an aromatic ring is 1. The van der Waals surface area contributed by atoms with E-state index in [2.05, 4.69) is 21.2 Å². The molecule has 9 heteroatoms. The third-order valence-corrected chi connectivity index (χ3v) is 6.98. The molecule has 0 fully saturated rings. The summed E-state index contributed by atoms with van der Waals surface area (Å²) in [7, 11) is 1.67. The Balaban J connectivity index is 1.52. The monoisotopic (exact) mass is 449 g/mol. The second kappa shape index (κ2) is 8.44. The first-order chi connectivity index (χ1) is 15.2. The van der Waals surface area contributed by atoms with Gasteiger partial charge in [-0.1, -0.05) is 23.9 Å². The molecule has 156 valence electrons. The summed E-state index contributed by atoms with van der Waals surface area (Å²) in [5.41, 5.74) is 8.28. The summed E-state index contributed by atoms with van der Waals surface area (Å²) in [5, 5.41) is 10.7. The minimum absolute atomic E-state index is 0.511. The smallest absolute Gasteiger partial charge is 0.192 e. The second-order valence-corrected chi connectivity index (χ2v) is 8.75. The van der Waals surface area contributed by atoms with Crippen LogP contribution in [0.25, 0.3) is 20.9 Å². The molecule has 0 saturated heterocycles. The molecule has 0 aliphatic heterocycles. The number of benzene rings is 1. The van der Waals surface area contributed by atoms with Gasteiger partial charge in [0.2, 0.25) is 0 Å². The highest BCUT2D eigenvalue weighted by molar-refractivity contribution is 7.98. The second-order valence-electron chi connectivity index (χ2n) is 6.81. The molecule has 0 radical (unpaired) electrons. The maximum Gasteiger partial charge on any atom is 0.192 e. The highest BCUT2D eigenvalue weighted by atomic mass is 32.2. The van der Waals surface area contributed by atoms with Crippen LogP contribution in [0.15, 0.2) is 70.6 Å². The minimum Gasteiger partial charge on any atom is -0.497 e. The molecule has 0 aliphatic carbocycles. The molecule has 0 aliphatic rings. The van der Waals surface area contributed by atoms with Crippen LogP contribution in [0, 0.1) is 0 Å². The Bertz CT molecular complexity index is 1330. The number of thiophene rings is 1. The number of ether oxygens (including phenoxy) is 1. The summed E-state index contributed by atoms with van der Waals surface area (Å²) in [6, 6.07) is 15.7. The van der Waals surface area contributed by atoms with Crippen molar-refractivity contribution in [2.45, 2.75) is 17.5 Å². The minimum atomic E-state index is 0.511. The van der Waals surface area contributed by atoms with Crippen LogP contribution < -0.4 is 10.5 Å². The zero-order chi connectivity index (χ0) is 21.2. The van der Waals surface area contributed by atoms with Gasteiger partial charge in [-0.25, -0.2) is 4.98 Å². The Morgan fingerprint density at radius 3 is 2.90 bits per heavy atom. The van der Waals surface area contributed by atoms with Crippen LogP contribution in [0.3, 0.4) is 0 Å². The molecule has 1 aromatic carbocycles. The molecule has 5 aromatic rings. The molecular weight excluding hydrogens is 430 g/mol. The van der Waals surface area contributed by atoms with Gasteiger partial charge in [0.25, 0.3) is 0 Å². The summed E-state index contributed by atoms with van der Waals surface area (Å²) in [4.78, 5) is 6.18.